The summed E-state index contributed by atoms with van der Waals surface area (Å²) in [6, 6.07) is 9.45. The summed E-state index contributed by atoms with van der Waals surface area (Å²) in [5.74, 6) is 1.30. The van der Waals surface area contributed by atoms with Gasteiger partial charge < -0.3 is 19.9 Å². The van der Waals surface area contributed by atoms with Crippen LogP contribution in [0, 0.1) is 0 Å². The molecule has 12 heteroatoms. The summed E-state index contributed by atoms with van der Waals surface area (Å²) in [5, 5.41) is 23.6. The summed E-state index contributed by atoms with van der Waals surface area (Å²) < 4.78 is 7.53. The Morgan fingerprint density at radius 2 is 1.92 bits per heavy atom. The van der Waals surface area contributed by atoms with Crippen molar-refractivity contribution in [2.45, 2.75) is 45.9 Å². The Labute approximate surface area is 219 Å². The van der Waals surface area contributed by atoms with Crippen molar-refractivity contribution in [3.8, 4) is 11.3 Å². The fourth-order valence-electron chi connectivity index (χ4n) is 5.38. The molecule has 2 aliphatic rings. The van der Waals surface area contributed by atoms with Crippen LogP contribution in [-0.4, -0.2) is 73.6 Å². The van der Waals surface area contributed by atoms with Crippen LogP contribution in [0.15, 0.2) is 47.8 Å². The number of aromatic amines is 1. The van der Waals surface area contributed by atoms with Crippen molar-refractivity contribution in [2.75, 3.05) is 35.3 Å². The molecule has 2 N–H and O–H groups in total. The smallest absolute Gasteiger partial charge is 0.255 e. The predicted molar refractivity (Wildman–Crippen MR) is 144 cm³/mol. The highest BCUT2D eigenvalue weighted by Crippen LogP contribution is 2.34. The quantitative estimate of drug-likeness (QED) is 0.422. The Balaban J connectivity index is 1.29. The number of carbonyl (C=O) groups is 1. The van der Waals surface area contributed by atoms with Gasteiger partial charge in [-0.1, -0.05) is 5.10 Å². The van der Waals surface area contributed by atoms with E-state index in [4.69, 9.17) is 4.74 Å². The molecule has 0 spiro atoms. The minimum atomic E-state index is -0.301. The number of benzene rings is 1. The Bertz CT molecular complexity index is 1550. The van der Waals surface area contributed by atoms with Gasteiger partial charge in [-0.05, 0) is 68.5 Å². The third kappa shape index (κ3) is 4.06. The van der Waals surface area contributed by atoms with Gasteiger partial charge >= 0.3 is 0 Å². The summed E-state index contributed by atoms with van der Waals surface area (Å²) in [4.78, 5) is 22.1. The maximum Gasteiger partial charge on any atom is 0.255 e. The first-order valence-electron chi connectivity index (χ1n) is 12.7. The molecule has 0 saturated carbocycles. The third-order valence-corrected chi connectivity index (χ3v) is 7.28. The molecule has 0 bridgehead atoms. The highest BCUT2D eigenvalue weighted by molar-refractivity contribution is 6.07. The summed E-state index contributed by atoms with van der Waals surface area (Å²) in [5.41, 5.74) is 4.71. The van der Waals surface area contributed by atoms with Gasteiger partial charge in [0, 0.05) is 48.7 Å². The Morgan fingerprint density at radius 3 is 2.71 bits per heavy atom. The summed E-state index contributed by atoms with van der Waals surface area (Å²) in [6.45, 7) is 9.54. The van der Waals surface area contributed by atoms with Gasteiger partial charge in [0.1, 0.15) is 11.5 Å². The molecule has 38 heavy (non-hydrogen) atoms. The standard InChI is InChI=1S/C26H30N10O2/c1-14-12-35(13-15(2)38-14)22-10-18(8-9-27-22)24-20-11-19(6-7-21(20)29-30-24)28-25(37)23-16(3)34(5)26-31-32-33-36(26)17(23)4/h6-11,14-15,17H,12-13H2,1-5H3,(H,28,37)(H,29,30)/t14-,15+,17?. The number of carbonyl (C=O) groups excluding carboxylic acids is 1. The molecule has 1 aromatic carbocycles. The number of rotatable bonds is 4. The van der Waals surface area contributed by atoms with Crippen LogP contribution in [0.5, 0.6) is 0 Å². The van der Waals surface area contributed by atoms with E-state index in [9.17, 15) is 4.79 Å². The molecule has 0 aliphatic carbocycles. The van der Waals surface area contributed by atoms with Crippen molar-refractivity contribution in [1.82, 2.24) is 35.4 Å². The number of anilines is 3. The highest BCUT2D eigenvalue weighted by Gasteiger charge is 2.32. The second-order valence-electron chi connectivity index (χ2n) is 10.0. The molecule has 4 aromatic rings. The minimum Gasteiger partial charge on any atom is -0.372 e. The van der Waals surface area contributed by atoms with Gasteiger partial charge in [0.25, 0.3) is 5.91 Å². The number of fused-ring (bicyclic) bond motifs is 2. The van der Waals surface area contributed by atoms with Crippen molar-refractivity contribution in [2.24, 2.45) is 0 Å². The summed E-state index contributed by atoms with van der Waals surface area (Å²) in [6.07, 6.45) is 2.09. The first-order valence-corrected chi connectivity index (χ1v) is 12.7. The van der Waals surface area contributed by atoms with E-state index in [1.54, 1.807) is 4.68 Å². The monoisotopic (exact) mass is 514 g/mol. The number of ether oxygens (including phenoxy) is 1. The number of morpholine rings is 1. The van der Waals surface area contributed by atoms with Crippen molar-refractivity contribution in [1.29, 1.82) is 0 Å². The number of pyridine rings is 1. The topological polar surface area (TPSA) is 130 Å². The number of hydrogen-bond donors (Lipinski definition) is 2. The largest absolute Gasteiger partial charge is 0.372 e. The van der Waals surface area contributed by atoms with E-state index in [0.717, 1.165) is 46.8 Å². The van der Waals surface area contributed by atoms with E-state index < -0.39 is 0 Å². The van der Waals surface area contributed by atoms with Gasteiger partial charge in [0.05, 0.1) is 29.3 Å². The molecule has 3 atom stereocenters. The zero-order valence-electron chi connectivity index (χ0n) is 22.0. The predicted octanol–water partition coefficient (Wildman–Crippen LogP) is 3.15. The molecule has 1 unspecified atom stereocenters. The van der Waals surface area contributed by atoms with Gasteiger partial charge in [0.2, 0.25) is 5.95 Å². The van der Waals surface area contributed by atoms with Crippen molar-refractivity contribution in [3.05, 3.63) is 47.8 Å². The lowest BCUT2D eigenvalue weighted by Gasteiger charge is -2.36. The maximum atomic E-state index is 13.4. The number of tetrazole rings is 1. The molecule has 1 fully saturated rings. The molecule has 1 amide bonds. The second-order valence-corrected chi connectivity index (χ2v) is 10.0. The lowest BCUT2D eigenvalue weighted by atomic mass is 10.0. The van der Waals surface area contributed by atoms with E-state index in [2.05, 4.69) is 60.8 Å². The van der Waals surface area contributed by atoms with Crippen LogP contribution < -0.4 is 15.1 Å². The Hall–Kier alpha value is -4.32. The number of allylic oxidation sites excluding steroid dienone is 1. The van der Waals surface area contributed by atoms with Gasteiger partial charge in [-0.25, -0.2) is 9.67 Å². The number of hydrogen-bond acceptors (Lipinski definition) is 9. The Morgan fingerprint density at radius 1 is 1.13 bits per heavy atom. The number of amides is 1. The molecule has 0 radical (unpaired) electrons. The van der Waals surface area contributed by atoms with Crippen LogP contribution in [0.1, 0.15) is 33.7 Å². The van der Waals surface area contributed by atoms with E-state index in [-0.39, 0.29) is 24.2 Å². The zero-order chi connectivity index (χ0) is 26.6. The normalized spacial score (nSPS) is 21.7. The molecule has 5 heterocycles. The average molecular weight is 515 g/mol. The minimum absolute atomic E-state index is 0.138. The van der Waals surface area contributed by atoms with E-state index in [1.807, 2.05) is 56.3 Å². The highest BCUT2D eigenvalue weighted by atomic mass is 16.5. The number of nitrogens with one attached hydrogen (secondary N) is 2. The lowest BCUT2D eigenvalue weighted by molar-refractivity contribution is -0.113. The zero-order valence-corrected chi connectivity index (χ0v) is 22.0. The first kappa shape index (κ1) is 24.0. The molecule has 3 aromatic heterocycles. The lowest BCUT2D eigenvalue weighted by Crippen LogP contribution is -2.45. The summed E-state index contributed by atoms with van der Waals surface area (Å²) in [7, 11) is 1.85. The van der Waals surface area contributed by atoms with Crippen LogP contribution in [0.2, 0.25) is 0 Å². The van der Waals surface area contributed by atoms with Crippen molar-refractivity contribution in [3.63, 3.8) is 0 Å². The Kier molecular flexibility index (Phi) is 5.83. The van der Waals surface area contributed by atoms with E-state index in [0.29, 0.717) is 17.2 Å². The van der Waals surface area contributed by atoms with Crippen LogP contribution in [0.25, 0.3) is 22.2 Å². The van der Waals surface area contributed by atoms with Gasteiger partial charge in [-0.15, -0.1) is 0 Å². The average Bonchev–Trinajstić information content (AvgIpc) is 3.55. The summed E-state index contributed by atoms with van der Waals surface area (Å²) >= 11 is 0. The van der Waals surface area contributed by atoms with Crippen LogP contribution in [-0.2, 0) is 9.53 Å². The van der Waals surface area contributed by atoms with Gasteiger partial charge in [-0.3, -0.25) is 9.89 Å². The number of aromatic nitrogens is 7. The molecular formula is C26H30N10O2. The fraction of sp³-hybridized carbons (Fsp3) is 0.385. The second kappa shape index (κ2) is 9.21. The van der Waals surface area contributed by atoms with Crippen molar-refractivity contribution >= 4 is 34.3 Å². The number of H-pyrrole nitrogens is 1. The van der Waals surface area contributed by atoms with E-state index in [1.165, 1.54) is 0 Å². The van der Waals surface area contributed by atoms with Crippen molar-refractivity contribution < 1.29 is 9.53 Å². The molecule has 2 aliphatic heterocycles. The molecule has 12 nitrogen and oxygen atoms in total. The molecule has 1 saturated heterocycles. The number of nitrogens with zero attached hydrogens (tertiary/aromatic N) is 8. The van der Waals surface area contributed by atoms with Gasteiger partial charge in [0.15, 0.2) is 0 Å². The van der Waals surface area contributed by atoms with Gasteiger partial charge in [-0.2, -0.15) is 5.10 Å². The maximum absolute atomic E-state index is 13.4. The molecule has 6 rings (SSSR count). The fourth-order valence-corrected chi connectivity index (χ4v) is 5.38. The molecular weight excluding hydrogens is 484 g/mol. The van der Waals surface area contributed by atoms with Crippen LogP contribution in [0.4, 0.5) is 17.5 Å². The van der Waals surface area contributed by atoms with E-state index >= 15 is 0 Å². The molecule has 196 valence electrons. The van der Waals surface area contributed by atoms with Crippen LogP contribution >= 0.6 is 0 Å². The van der Waals surface area contributed by atoms with Crippen LogP contribution in [0.3, 0.4) is 0 Å². The third-order valence-electron chi connectivity index (χ3n) is 7.28. The SMILES string of the molecule is CC1=C(C(=O)Nc2ccc3[nH]nc(-c4ccnc(N5C[C@@H](C)O[C@@H](C)C5)c4)c3c2)C(C)n2nnnc2N1C. The first-order chi connectivity index (χ1) is 18.3.